The lowest BCUT2D eigenvalue weighted by atomic mass is 9.95. The second-order valence-electron chi connectivity index (χ2n) is 11.0. The van der Waals surface area contributed by atoms with Crippen LogP contribution in [-0.4, -0.2) is 44.3 Å². The molecule has 1 aliphatic heterocycles. The van der Waals surface area contributed by atoms with E-state index in [9.17, 15) is 9.59 Å². The summed E-state index contributed by atoms with van der Waals surface area (Å²) >= 11 is 0. The summed E-state index contributed by atoms with van der Waals surface area (Å²) in [4.78, 5) is 29.1. The molecule has 4 aromatic carbocycles. The van der Waals surface area contributed by atoms with E-state index in [0.717, 1.165) is 46.5 Å². The fourth-order valence-corrected chi connectivity index (χ4v) is 5.85. The summed E-state index contributed by atoms with van der Waals surface area (Å²) < 4.78 is 7.97. The fourth-order valence-electron chi connectivity index (χ4n) is 5.85. The topological polar surface area (TPSA) is 89.3 Å². The summed E-state index contributed by atoms with van der Waals surface area (Å²) in [6.45, 7) is 0.805. The Morgan fingerprint density at radius 1 is 0.907 bits per heavy atom. The zero-order valence-corrected chi connectivity index (χ0v) is 24.2. The summed E-state index contributed by atoms with van der Waals surface area (Å²) in [5.74, 6) is 1.30. The number of rotatable bonds is 10. The number of benzene rings is 4. The molecule has 0 radical (unpaired) electrons. The van der Waals surface area contributed by atoms with E-state index in [0.29, 0.717) is 25.9 Å². The molecule has 8 nitrogen and oxygen atoms in total. The van der Waals surface area contributed by atoms with Crippen molar-refractivity contribution in [1.29, 1.82) is 0 Å². The first-order valence-corrected chi connectivity index (χ1v) is 14.8. The molecule has 0 spiro atoms. The van der Waals surface area contributed by atoms with Gasteiger partial charge in [0.05, 0.1) is 5.52 Å². The molecule has 6 rings (SSSR count). The monoisotopic (exact) mass is 573 g/mol. The number of hydrogen-bond acceptors (Lipinski definition) is 5. The number of carbonyl (C=O) groups excluding carboxylic acids is 2. The Balaban J connectivity index is 1.19. The van der Waals surface area contributed by atoms with Crippen molar-refractivity contribution >= 4 is 22.8 Å². The van der Waals surface area contributed by atoms with E-state index in [1.165, 1.54) is 5.56 Å². The molecule has 0 saturated carbocycles. The van der Waals surface area contributed by atoms with Gasteiger partial charge in [0.15, 0.2) is 0 Å². The number of likely N-dealkylation sites (tertiary alicyclic amines) is 1. The van der Waals surface area contributed by atoms with Gasteiger partial charge in [0.25, 0.3) is 0 Å². The second kappa shape index (κ2) is 12.9. The van der Waals surface area contributed by atoms with Crippen molar-refractivity contribution in [2.75, 3.05) is 6.54 Å². The Morgan fingerprint density at radius 2 is 1.65 bits per heavy atom. The number of aryl methyl sites for hydroxylation is 2. The third-order valence-electron chi connectivity index (χ3n) is 8.09. The van der Waals surface area contributed by atoms with E-state index in [1.54, 1.807) is 9.58 Å². The van der Waals surface area contributed by atoms with Crippen molar-refractivity contribution < 1.29 is 14.3 Å². The van der Waals surface area contributed by atoms with Gasteiger partial charge >= 0.3 is 0 Å². The molecule has 1 fully saturated rings. The summed E-state index contributed by atoms with van der Waals surface area (Å²) in [7, 11) is 1.85. The summed E-state index contributed by atoms with van der Waals surface area (Å²) in [6.07, 6.45) is 2.45. The molecule has 8 heteroatoms. The number of carbonyl (C=O) groups is 2. The number of hydrogen-bond donors (Lipinski definition) is 1. The largest absolute Gasteiger partial charge is 0.457 e. The van der Waals surface area contributed by atoms with Gasteiger partial charge in [0.1, 0.15) is 23.1 Å². The Labute approximate surface area is 251 Å². The van der Waals surface area contributed by atoms with Crippen LogP contribution in [0.15, 0.2) is 103 Å². The van der Waals surface area contributed by atoms with Crippen LogP contribution in [0.2, 0.25) is 0 Å². The second-order valence-corrected chi connectivity index (χ2v) is 11.0. The molecular formula is C35H35N5O3. The average Bonchev–Trinajstić information content (AvgIpc) is 3.65. The molecule has 1 N–H and O–H groups in total. The maximum absolute atomic E-state index is 13.7. The van der Waals surface area contributed by atoms with Gasteiger partial charge in [-0.3, -0.25) is 9.59 Å². The molecule has 5 aromatic rings. The molecule has 2 atom stereocenters. The minimum Gasteiger partial charge on any atom is -0.457 e. The van der Waals surface area contributed by atoms with E-state index in [4.69, 9.17) is 4.74 Å². The Kier molecular flexibility index (Phi) is 8.45. The molecule has 2 heterocycles. The third-order valence-corrected chi connectivity index (χ3v) is 8.09. The Hall–Kier alpha value is -4.98. The van der Waals surface area contributed by atoms with Crippen molar-refractivity contribution in [3.8, 4) is 11.5 Å². The van der Waals surface area contributed by atoms with Crippen molar-refractivity contribution in [3.63, 3.8) is 0 Å². The Bertz CT molecular complexity index is 1700. The molecule has 0 unspecified atom stereocenters. The van der Waals surface area contributed by atoms with Crippen LogP contribution in [0.1, 0.15) is 41.9 Å². The molecule has 1 saturated heterocycles. The standard InChI is InChI=1S/C35H35N5O3/c1-39-31-20-19-26(21-30(31)37-38-39)23-36-35(42)32-22-27(24-40(32)34(41)18-10-13-25-11-4-2-5-12-25)29-16-8-9-17-33(29)43-28-14-6-3-7-15-28/h2-9,11-12,14-17,19-21,27,32H,10,13,18,22-24H2,1H3,(H,36,42)/t27-,32-/m0/s1. The first-order chi connectivity index (χ1) is 21.0. The minimum atomic E-state index is -0.570. The van der Waals surface area contributed by atoms with E-state index >= 15 is 0 Å². The smallest absolute Gasteiger partial charge is 0.243 e. The van der Waals surface area contributed by atoms with Crippen LogP contribution in [0, 0.1) is 0 Å². The zero-order valence-electron chi connectivity index (χ0n) is 24.2. The number of para-hydroxylation sites is 2. The predicted octanol–water partition coefficient (Wildman–Crippen LogP) is 5.78. The van der Waals surface area contributed by atoms with E-state index in [2.05, 4.69) is 27.8 Å². The molecular weight excluding hydrogens is 538 g/mol. The first-order valence-electron chi connectivity index (χ1n) is 14.8. The number of amides is 2. The molecule has 218 valence electrons. The third kappa shape index (κ3) is 6.59. The summed E-state index contributed by atoms with van der Waals surface area (Å²) in [5.41, 5.74) is 4.84. The van der Waals surface area contributed by atoms with Gasteiger partial charge < -0.3 is 15.0 Å². The fraction of sp³-hybridized carbons (Fsp3) is 0.257. The molecule has 0 aliphatic carbocycles. The van der Waals surface area contributed by atoms with Crippen molar-refractivity contribution in [2.24, 2.45) is 7.05 Å². The van der Waals surface area contributed by atoms with Crippen LogP contribution in [0.4, 0.5) is 0 Å². The molecule has 1 aliphatic rings. The van der Waals surface area contributed by atoms with Gasteiger partial charge in [-0.2, -0.15) is 0 Å². The van der Waals surface area contributed by atoms with Crippen LogP contribution < -0.4 is 10.1 Å². The molecule has 1 aromatic heterocycles. The summed E-state index contributed by atoms with van der Waals surface area (Å²) in [6, 6.07) is 33.0. The van der Waals surface area contributed by atoms with Gasteiger partial charge in [0, 0.05) is 32.5 Å². The number of ether oxygens (including phenoxy) is 1. The van der Waals surface area contributed by atoms with Crippen LogP contribution in [0.3, 0.4) is 0 Å². The van der Waals surface area contributed by atoms with Crippen LogP contribution >= 0.6 is 0 Å². The Morgan fingerprint density at radius 3 is 2.47 bits per heavy atom. The normalized spacial score (nSPS) is 16.3. The quantitative estimate of drug-likeness (QED) is 0.229. The lowest BCUT2D eigenvalue weighted by molar-refractivity contribution is -0.138. The van der Waals surface area contributed by atoms with Crippen LogP contribution in [0.25, 0.3) is 11.0 Å². The van der Waals surface area contributed by atoms with Crippen LogP contribution in [-0.2, 0) is 29.6 Å². The average molecular weight is 574 g/mol. The highest BCUT2D eigenvalue weighted by Gasteiger charge is 2.40. The SMILES string of the molecule is Cn1nnc2cc(CNC(=O)[C@@H]3C[C@H](c4ccccc4Oc4ccccc4)CN3C(=O)CCCc3ccccc3)ccc21. The van der Waals surface area contributed by atoms with Crippen LogP contribution in [0.5, 0.6) is 11.5 Å². The molecule has 43 heavy (non-hydrogen) atoms. The number of nitrogens with one attached hydrogen (secondary N) is 1. The van der Waals surface area contributed by atoms with Gasteiger partial charge in [-0.05, 0) is 66.3 Å². The highest BCUT2D eigenvalue weighted by atomic mass is 16.5. The minimum absolute atomic E-state index is 0.000944. The van der Waals surface area contributed by atoms with Gasteiger partial charge in [-0.15, -0.1) is 5.10 Å². The maximum atomic E-state index is 13.7. The van der Waals surface area contributed by atoms with Gasteiger partial charge in [0.2, 0.25) is 11.8 Å². The lowest BCUT2D eigenvalue weighted by Gasteiger charge is -2.24. The van der Waals surface area contributed by atoms with E-state index in [1.807, 2.05) is 98.0 Å². The molecule has 0 bridgehead atoms. The summed E-state index contributed by atoms with van der Waals surface area (Å²) in [5, 5.41) is 11.3. The van der Waals surface area contributed by atoms with Gasteiger partial charge in [-0.1, -0.05) is 78.0 Å². The number of nitrogens with zero attached hydrogens (tertiary/aromatic N) is 4. The van der Waals surface area contributed by atoms with Crippen molar-refractivity contribution in [3.05, 3.63) is 120 Å². The number of aromatic nitrogens is 3. The van der Waals surface area contributed by atoms with Gasteiger partial charge in [-0.25, -0.2) is 4.68 Å². The highest BCUT2D eigenvalue weighted by Crippen LogP contribution is 2.38. The van der Waals surface area contributed by atoms with Crippen molar-refractivity contribution in [2.45, 2.75) is 44.2 Å². The predicted molar refractivity (Wildman–Crippen MR) is 166 cm³/mol. The molecule has 2 amide bonds. The first kappa shape index (κ1) is 28.2. The van der Waals surface area contributed by atoms with E-state index < -0.39 is 6.04 Å². The van der Waals surface area contributed by atoms with E-state index in [-0.39, 0.29) is 17.7 Å². The highest BCUT2D eigenvalue weighted by molar-refractivity contribution is 5.88. The zero-order chi connectivity index (χ0) is 29.6. The lowest BCUT2D eigenvalue weighted by Crippen LogP contribution is -2.45. The maximum Gasteiger partial charge on any atom is 0.243 e. The number of fused-ring (bicyclic) bond motifs is 1. The van der Waals surface area contributed by atoms with Crippen molar-refractivity contribution in [1.82, 2.24) is 25.2 Å².